The molecule has 1 N–H and O–H groups in total. The van der Waals surface area contributed by atoms with E-state index in [1.165, 1.54) is 12.1 Å². The van der Waals surface area contributed by atoms with Crippen molar-refractivity contribution in [3.63, 3.8) is 0 Å². The van der Waals surface area contributed by atoms with E-state index in [2.05, 4.69) is 15.9 Å². The molecule has 1 atom stereocenters. The molecular weight excluding hydrogens is 267 g/mol. The van der Waals surface area contributed by atoms with Crippen molar-refractivity contribution < 1.29 is 19.0 Å². The number of carboxylic acids is 1. The summed E-state index contributed by atoms with van der Waals surface area (Å²) in [4.78, 5) is 10.8. The zero-order chi connectivity index (χ0) is 11.4. The smallest absolute Gasteiger partial charge is 0.337 e. The Labute approximate surface area is 95.0 Å². The number of halogens is 2. The van der Waals surface area contributed by atoms with E-state index in [0.717, 1.165) is 0 Å². The Bertz CT molecular complexity index is 368. The lowest BCUT2D eigenvalue weighted by Crippen LogP contribution is -2.16. The number of carbonyl (C=O) groups is 1. The third-order valence-corrected chi connectivity index (χ3v) is 2.30. The molecule has 15 heavy (non-hydrogen) atoms. The van der Waals surface area contributed by atoms with Crippen molar-refractivity contribution in [2.45, 2.75) is 13.0 Å². The minimum Gasteiger partial charge on any atom is -0.479 e. The summed E-state index contributed by atoms with van der Waals surface area (Å²) in [6, 6.07) is 4.19. The van der Waals surface area contributed by atoms with Gasteiger partial charge in [-0.05, 0) is 19.1 Å². The van der Waals surface area contributed by atoms with E-state index in [1.54, 1.807) is 13.0 Å². The van der Waals surface area contributed by atoms with Gasteiger partial charge in [-0.2, -0.15) is 0 Å². The highest BCUT2D eigenvalue weighted by Crippen LogP contribution is 2.23. The van der Waals surface area contributed by atoms with Crippen molar-refractivity contribution >= 4 is 21.9 Å². The van der Waals surface area contributed by atoms with Gasteiger partial charge in [-0.3, -0.25) is 0 Å². The van der Waals surface area contributed by atoms with Crippen molar-refractivity contribution in [1.82, 2.24) is 0 Å². The van der Waals surface area contributed by atoms with E-state index in [4.69, 9.17) is 9.84 Å². The highest BCUT2D eigenvalue weighted by molar-refractivity contribution is 9.10. The van der Waals surface area contributed by atoms with Gasteiger partial charge >= 0.3 is 5.97 Å². The van der Waals surface area contributed by atoms with Crippen LogP contribution < -0.4 is 0 Å². The molecule has 0 bridgehead atoms. The third kappa shape index (κ3) is 3.00. The Hall–Kier alpha value is -0.940. The second-order valence-electron chi connectivity index (χ2n) is 2.84. The molecule has 0 spiro atoms. The molecule has 0 radical (unpaired) electrons. The standard InChI is InChI=1S/C10H10BrFO3/c1-2-15-9(10(13)14)7-4-3-6(11)5-8(7)12/h3-5,9H,2H2,1H3,(H,13,14). The van der Waals surface area contributed by atoms with Crippen LogP contribution in [0.25, 0.3) is 0 Å². The Morgan fingerprint density at radius 3 is 2.80 bits per heavy atom. The molecule has 3 nitrogen and oxygen atoms in total. The Morgan fingerprint density at radius 1 is 1.67 bits per heavy atom. The molecule has 0 aromatic heterocycles. The lowest BCUT2D eigenvalue weighted by Gasteiger charge is -2.13. The van der Waals surface area contributed by atoms with Gasteiger partial charge in [-0.25, -0.2) is 9.18 Å². The second kappa shape index (κ2) is 5.23. The zero-order valence-electron chi connectivity index (χ0n) is 8.04. The molecule has 1 aromatic rings. The van der Waals surface area contributed by atoms with Gasteiger partial charge in [0.25, 0.3) is 0 Å². The minimum absolute atomic E-state index is 0.0348. The number of hydrogen-bond acceptors (Lipinski definition) is 2. The molecule has 0 aliphatic carbocycles. The summed E-state index contributed by atoms with van der Waals surface area (Å²) in [5.41, 5.74) is 0.0348. The lowest BCUT2D eigenvalue weighted by molar-refractivity contribution is -0.150. The molecule has 1 unspecified atom stereocenters. The monoisotopic (exact) mass is 276 g/mol. The van der Waals surface area contributed by atoms with Crippen molar-refractivity contribution in [2.24, 2.45) is 0 Å². The van der Waals surface area contributed by atoms with Crippen LogP contribution in [0.15, 0.2) is 22.7 Å². The van der Waals surface area contributed by atoms with Gasteiger partial charge in [-0.15, -0.1) is 0 Å². The van der Waals surface area contributed by atoms with Crippen LogP contribution in [-0.2, 0) is 9.53 Å². The van der Waals surface area contributed by atoms with Crippen molar-refractivity contribution in [3.8, 4) is 0 Å². The first kappa shape index (κ1) is 12.1. The molecule has 1 aromatic carbocycles. The highest BCUT2D eigenvalue weighted by Gasteiger charge is 2.23. The van der Waals surface area contributed by atoms with Crippen LogP contribution in [0, 0.1) is 5.82 Å². The quantitative estimate of drug-likeness (QED) is 0.920. The summed E-state index contributed by atoms with van der Waals surface area (Å²) in [5.74, 6) is -1.79. The largest absolute Gasteiger partial charge is 0.479 e. The van der Waals surface area contributed by atoms with E-state index < -0.39 is 17.9 Å². The van der Waals surface area contributed by atoms with Gasteiger partial charge in [0.1, 0.15) is 5.82 Å². The molecule has 0 fully saturated rings. The molecule has 5 heteroatoms. The average Bonchev–Trinajstić information content (AvgIpc) is 2.15. The molecule has 0 saturated heterocycles. The number of benzene rings is 1. The second-order valence-corrected chi connectivity index (χ2v) is 3.76. The van der Waals surface area contributed by atoms with Crippen LogP contribution in [0.2, 0.25) is 0 Å². The number of aliphatic carboxylic acids is 1. The van der Waals surface area contributed by atoms with Crippen LogP contribution in [-0.4, -0.2) is 17.7 Å². The van der Waals surface area contributed by atoms with E-state index in [1.807, 2.05) is 0 Å². The fourth-order valence-corrected chi connectivity index (χ4v) is 1.51. The van der Waals surface area contributed by atoms with Crippen LogP contribution in [0.3, 0.4) is 0 Å². The Kier molecular flexibility index (Phi) is 4.23. The summed E-state index contributed by atoms with van der Waals surface area (Å²) < 4.78 is 18.9. The van der Waals surface area contributed by atoms with Gasteiger partial charge < -0.3 is 9.84 Å². The fraction of sp³-hybridized carbons (Fsp3) is 0.300. The molecule has 0 saturated carbocycles. The van der Waals surface area contributed by atoms with E-state index in [9.17, 15) is 9.18 Å². The fourth-order valence-electron chi connectivity index (χ4n) is 1.17. The molecule has 82 valence electrons. The van der Waals surface area contributed by atoms with Crippen LogP contribution in [0.5, 0.6) is 0 Å². The van der Waals surface area contributed by atoms with Crippen LogP contribution in [0.1, 0.15) is 18.6 Å². The first-order valence-corrected chi connectivity index (χ1v) is 5.15. The summed E-state index contributed by atoms with van der Waals surface area (Å²) in [6.45, 7) is 1.87. The SMILES string of the molecule is CCOC(C(=O)O)c1ccc(Br)cc1F. The summed E-state index contributed by atoms with van der Waals surface area (Å²) in [7, 11) is 0. The van der Waals surface area contributed by atoms with Crippen LogP contribution in [0.4, 0.5) is 4.39 Å². The first-order valence-electron chi connectivity index (χ1n) is 4.35. The number of carboxylic acid groups (broad SMARTS) is 1. The topological polar surface area (TPSA) is 46.5 Å². The summed E-state index contributed by atoms with van der Waals surface area (Å²) >= 11 is 3.09. The molecule has 0 aliphatic heterocycles. The highest BCUT2D eigenvalue weighted by atomic mass is 79.9. The van der Waals surface area contributed by atoms with Crippen molar-refractivity contribution in [3.05, 3.63) is 34.1 Å². The van der Waals surface area contributed by atoms with Gasteiger partial charge in [0.2, 0.25) is 0 Å². The number of rotatable bonds is 4. The predicted octanol–water partition coefficient (Wildman–Crippen LogP) is 2.75. The van der Waals surface area contributed by atoms with E-state index >= 15 is 0 Å². The third-order valence-electron chi connectivity index (χ3n) is 1.80. The van der Waals surface area contributed by atoms with Crippen LogP contribution >= 0.6 is 15.9 Å². The average molecular weight is 277 g/mol. The lowest BCUT2D eigenvalue weighted by atomic mass is 10.1. The molecule has 1 rings (SSSR count). The molecule has 0 amide bonds. The Morgan fingerprint density at radius 2 is 2.33 bits per heavy atom. The Balaban J connectivity index is 3.05. The van der Waals surface area contributed by atoms with Gasteiger partial charge in [0.15, 0.2) is 6.10 Å². The number of hydrogen-bond donors (Lipinski definition) is 1. The normalized spacial score (nSPS) is 12.5. The maximum atomic E-state index is 13.4. The predicted molar refractivity (Wildman–Crippen MR) is 56.1 cm³/mol. The molecular formula is C10H10BrFO3. The van der Waals surface area contributed by atoms with Crippen molar-refractivity contribution in [2.75, 3.05) is 6.61 Å². The summed E-state index contributed by atoms with van der Waals surface area (Å²) in [5, 5.41) is 8.85. The van der Waals surface area contributed by atoms with Crippen molar-refractivity contribution in [1.29, 1.82) is 0 Å². The van der Waals surface area contributed by atoms with Gasteiger partial charge in [-0.1, -0.05) is 22.0 Å². The molecule has 0 aliphatic rings. The maximum absolute atomic E-state index is 13.4. The first-order chi connectivity index (χ1) is 7.06. The molecule has 0 heterocycles. The zero-order valence-corrected chi connectivity index (χ0v) is 9.62. The number of ether oxygens (including phenoxy) is 1. The van der Waals surface area contributed by atoms with Gasteiger partial charge in [0, 0.05) is 16.6 Å². The van der Waals surface area contributed by atoms with E-state index in [-0.39, 0.29) is 12.2 Å². The van der Waals surface area contributed by atoms with E-state index in [0.29, 0.717) is 4.47 Å². The van der Waals surface area contributed by atoms with Gasteiger partial charge in [0.05, 0.1) is 0 Å². The minimum atomic E-state index is -1.25. The summed E-state index contributed by atoms with van der Waals surface area (Å²) in [6.07, 6.45) is -1.25. The maximum Gasteiger partial charge on any atom is 0.337 e.